The van der Waals surface area contributed by atoms with Gasteiger partial charge in [0.05, 0.1) is 29.5 Å². The summed E-state index contributed by atoms with van der Waals surface area (Å²) in [5.74, 6) is 0.638. The van der Waals surface area contributed by atoms with Crippen molar-refractivity contribution < 1.29 is 9.21 Å². The summed E-state index contributed by atoms with van der Waals surface area (Å²) in [6, 6.07) is 18.8. The van der Waals surface area contributed by atoms with Gasteiger partial charge in [0.15, 0.2) is 5.16 Å². The molecular weight excluding hydrogens is 448 g/mol. The summed E-state index contributed by atoms with van der Waals surface area (Å²) in [6.45, 7) is 2.42. The highest BCUT2D eigenvalue weighted by molar-refractivity contribution is 7.99. The van der Waals surface area contributed by atoms with E-state index in [-0.39, 0.29) is 23.8 Å². The maximum Gasteiger partial charge on any atom is 0.262 e. The normalized spacial score (nSPS) is 13.8. The first kappa shape index (κ1) is 22.3. The summed E-state index contributed by atoms with van der Waals surface area (Å²) in [6.07, 6.45) is 5.32. The van der Waals surface area contributed by atoms with E-state index in [0.717, 1.165) is 18.8 Å². The van der Waals surface area contributed by atoms with Gasteiger partial charge in [0.2, 0.25) is 5.91 Å². The first-order valence-corrected chi connectivity index (χ1v) is 12.5. The van der Waals surface area contributed by atoms with Crippen LogP contribution in [0.25, 0.3) is 10.9 Å². The number of anilines is 2. The molecule has 1 aliphatic heterocycles. The Labute approximate surface area is 201 Å². The van der Waals surface area contributed by atoms with Crippen molar-refractivity contribution in [3.8, 4) is 0 Å². The minimum Gasteiger partial charge on any atom is -0.467 e. The number of para-hydroxylation sites is 1. The standard InChI is InChI=1S/C26H26N4O3S/c31-24(27-19-10-12-20(13-11-19)29-14-4-1-5-15-29)18-34-26-28-23-9-3-2-8-22(23)25(32)30(26)17-21-7-6-16-33-21/h2-3,6-13,16H,1,4-5,14-15,17-18H2,(H,27,31). The van der Waals surface area contributed by atoms with Crippen molar-refractivity contribution in [3.05, 3.63) is 83.0 Å². The van der Waals surface area contributed by atoms with E-state index >= 15 is 0 Å². The van der Waals surface area contributed by atoms with E-state index in [0.29, 0.717) is 21.8 Å². The van der Waals surface area contributed by atoms with Crippen molar-refractivity contribution in [3.63, 3.8) is 0 Å². The molecule has 0 radical (unpaired) electrons. The van der Waals surface area contributed by atoms with Gasteiger partial charge in [-0.2, -0.15) is 0 Å². The number of furan rings is 1. The van der Waals surface area contributed by atoms with Crippen LogP contribution in [0.2, 0.25) is 0 Å². The van der Waals surface area contributed by atoms with Crippen molar-refractivity contribution in [2.45, 2.75) is 31.0 Å². The second kappa shape index (κ2) is 10.2. The topological polar surface area (TPSA) is 80.4 Å². The summed E-state index contributed by atoms with van der Waals surface area (Å²) in [4.78, 5) is 32.9. The number of nitrogens with one attached hydrogen (secondary N) is 1. The fraction of sp³-hybridized carbons (Fsp3) is 0.269. The molecule has 1 fully saturated rings. The highest BCUT2D eigenvalue weighted by Gasteiger charge is 2.15. The molecule has 3 heterocycles. The van der Waals surface area contributed by atoms with Gasteiger partial charge in [-0.15, -0.1) is 0 Å². The third-order valence-corrected chi connectivity index (χ3v) is 6.90. The molecular formula is C26H26N4O3S. The molecule has 1 saturated heterocycles. The number of amides is 1. The van der Waals surface area contributed by atoms with Gasteiger partial charge in [0.1, 0.15) is 5.76 Å². The second-order valence-electron chi connectivity index (χ2n) is 8.31. The minimum absolute atomic E-state index is 0.136. The predicted molar refractivity (Wildman–Crippen MR) is 136 cm³/mol. The third kappa shape index (κ3) is 5.02. The number of nitrogens with zero attached hydrogens (tertiary/aromatic N) is 3. The molecule has 174 valence electrons. The van der Waals surface area contributed by atoms with Crippen LogP contribution in [0.4, 0.5) is 11.4 Å². The number of benzene rings is 2. The number of carbonyl (C=O) groups excluding carboxylic acids is 1. The maximum atomic E-state index is 13.1. The zero-order valence-electron chi connectivity index (χ0n) is 18.8. The van der Waals surface area contributed by atoms with E-state index in [1.165, 1.54) is 36.7 Å². The second-order valence-corrected chi connectivity index (χ2v) is 9.26. The Hall–Kier alpha value is -3.52. The number of thioether (sulfide) groups is 1. The van der Waals surface area contributed by atoms with Crippen LogP contribution in [0.5, 0.6) is 0 Å². The average molecular weight is 475 g/mol. The highest BCUT2D eigenvalue weighted by atomic mass is 32.2. The quantitative estimate of drug-likeness (QED) is 0.307. The van der Waals surface area contributed by atoms with Crippen LogP contribution in [0.3, 0.4) is 0 Å². The summed E-state index contributed by atoms with van der Waals surface area (Å²) in [5.41, 5.74) is 2.40. The fourth-order valence-corrected chi connectivity index (χ4v) is 4.99. The summed E-state index contributed by atoms with van der Waals surface area (Å²) < 4.78 is 7.00. The zero-order chi connectivity index (χ0) is 23.3. The lowest BCUT2D eigenvalue weighted by atomic mass is 10.1. The molecule has 34 heavy (non-hydrogen) atoms. The molecule has 1 aliphatic rings. The molecule has 5 rings (SSSR count). The van der Waals surface area contributed by atoms with E-state index < -0.39 is 0 Å². The van der Waals surface area contributed by atoms with Crippen LogP contribution in [0.15, 0.2) is 81.3 Å². The van der Waals surface area contributed by atoms with Gasteiger partial charge in [-0.1, -0.05) is 23.9 Å². The smallest absolute Gasteiger partial charge is 0.262 e. The molecule has 2 aromatic heterocycles. The lowest BCUT2D eigenvalue weighted by Gasteiger charge is -2.28. The predicted octanol–water partition coefficient (Wildman–Crippen LogP) is 4.76. The number of rotatable bonds is 7. The van der Waals surface area contributed by atoms with Gasteiger partial charge in [-0.05, 0) is 67.8 Å². The van der Waals surface area contributed by atoms with Gasteiger partial charge in [-0.25, -0.2) is 4.98 Å². The molecule has 1 amide bonds. The Morgan fingerprint density at radius 2 is 1.79 bits per heavy atom. The molecule has 0 spiro atoms. The molecule has 0 atom stereocenters. The molecule has 4 aromatic rings. The van der Waals surface area contributed by atoms with E-state index in [9.17, 15) is 9.59 Å². The third-order valence-electron chi connectivity index (χ3n) is 5.93. The van der Waals surface area contributed by atoms with Crippen LogP contribution in [-0.2, 0) is 11.3 Å². The summed E-state index contributed by atoms with van der Waals surface area (Å²) in [5, 5.41) is 3.97. The van der Waals surface area contributed by atoms with E-state index in [2.05, 4.69) is 27.3 Å². The average Bonchev–Trinajstić information content (AvgIpc) is 3.39. The van der Waals surface area contributed by atoms with Crippen molar-refractivity contribution in [1.82, 2.24) is 9.55 Å². The van der Waals surface area contributed by atoms with Gasteiger partial charge < -0.3 is 14.6 Å². The van der Waals surface area contributed by atoms with E-state index in [1.807, 2.05) is 36.4 Å². The van der Waals surface area contributed by atoms with Crippen LogP contribution in [0.1, 0.15) is 25.0 Å². The summed E-state index contributed by atoms with van der Waals surface area (Å²) in [7, 11) is 0. The van der Waals surface area contributed by atoms with Gasteiger partial charge in [0, 0.05) is 24.5 Å². The Morgan fingerprint density at radius 1 is 1.00 bits per heavy atom. The number of piperidine rings is 1. The van der Waals surface area contributed by atoms with Crippen molar-refractivity contribution >= 4 is 39.9 Å². The van der Waals surface area contributed by atoms with Gasteiger partial charge in [0.25, 0.3) is 5.56 Å². The van der Waals surface area contributed by atoms with Crippen LogP contribution >= 0.6 is 11.8 Å². The molecule has 0 bridgehead atoms. The van der Waals surface area contributed by atoms with Crippen LogP contribution in [0, 0.1) is 0 Å². The summed E-state index contributed by atoms with van der Waals surface area (Å²) >= 11 is 1.24. The van der Waals surface area contributed by atoms with Crippen molar-refractivity contribution in [1.29, 1.82) is 0 Å². The Kier molecular flexibility index (Phi) is 6.67. The van der Waals surface area contributed by atoms with E-state index in [4.69, 9.17) is 4.42 Å². The molecule has 0 unspecified atom stereocenters. The van der Waals surface area contributed by atoms with Crippen molar-refractivity contribution in [2.75, 3.05) is 29.1 Å². The van der Waals surface area contributed by atoms with Gasteiger partial charge in [-0.3, -0.25) is 14.2 Å². The zero-order valence-corrected chi connectivity index (χ0v) is 19.6. The Balaban J connectivity index is 1.29. The van der Waals surface area contributed by atoms with Crippen molar-refractivity contribution in [2.24, 2.45) is 0 Å². The molecule has 8 heteroatoms. The van der Waals surface area contributed by atoms with Crippen LogP contribution < -0.4 is 15.8 Å². The highest BCUT2D eigenvalue weighted by Crippen LogP contribution is 2.23. The largest absolute Gasteiger partial charge is 0.467 e. The molecule has 1 N–H and O–H groups in total. The molecule has 0 aliphatic carbocycles. The monoisotopic (exact) mass is 474 g/mol. The number of carbonyl (C=O) groups is 1. The minimum atomic E-state index is -0.154. The first-order valence-electron chi connectivity index (χ1n) is 11.5. The Bertz CT molecular complexity index is 1330. The Morgan fingerprint density at radius 3 is 2.56 bits per heavy atom. The lowest BCUT2D eigenvalue weighted by molar-refractivity contribution is -0.113. The van der Waals surface area contributed by atoms with Crippen LogP contribution in [-0.4, -0.2) is 34.3 Å². The maximum absolute atomic E-state index is 13.1. The number of aromatic nitrogens is 2. The fourth-order valence-electron chi connectivity index (χ4n) is 4.19. The lowest BCUT2D eigenvalue weighted by Crippen LogP contribution is -2.29. The van der Waals surface area contributed by atoms with E-state index in [1.54, 1.807) is 23.0 Å². The van der Waals surface area contributed by atoms with Gasteiger partial charge >= 0.3 is 0 Å². The number of hydrogen-bond acceptors (Lipinski definition) is 6. The SMILES string of the molecule is O=C(CSc1nc2ccccc2c(=O)n1Cc1ccco1)Nc1ccc(N2CCCCC2)cc1. The number of hydrogen-bond donors (Lipinski definition) is 1. The first-order chi connectivity index (χ1) is 16.7. The molecule has 0 saturated carbocycles. The molecule has 2 aromatic carbocycles. The number of fused-ring (bicyclic) bond motifs is 1. The molecule has 7 nitrogen and oxygen atoms in total.